The molecule has 6 nitrogen and oxygen atoms in total. The van der Waals surface area contributed by atoms with Crippen molar-refractivity contribution < 1.29 is 19.1 Å². The molecule has 3 rings (SSSR count). The summed E-state index contributed by atoms with van der Waals surface area (Å²) in [7, 11) is 3.18. The van der Waals surface area contributed by atoms with Gasteiger partial charge in [-0.3, -0.25) is 9.59 Å². The van der Waals surface area contributed by atoms with Crippen molar-refractivity contribution >= 4 is 23.2 Å². The van der Waals surface area contributed by atoms with Gasteiger partial charge >= 0.3 is 0 Å². The Morgan fingerprint density at radius 1 is 1.07 bits per heavy atom. The fraction of sp³-hybridized carbons (Fsp3) is 0.333. The number of hydrogen-bond acceptors (Lipinski definition) is 4. The Hall–Kier alpha value is -3.02. The summed E-state index contributed by atoms with van der Waals surface area (Å²) in [6, 6.07) is 13.0. The van der Waals surface area contributed by atoms with Crippen LogP contribution in [-0.2, 0) is 16.0 Å². The highest BCUT2D eigenvalue weighted by Crippen LogP contribution is 2.28. The SMILES string of the molecule is COc1ccc(CCC(=O)Nc2ccc(N3CCCC3=O)cc2)cc1OC. The highest BCUT2D eigenvalue weighted by atomic mass is 16.5. The smallest absolute Gasteiger partial charge is 0.227 e. The number of rotatable bonds is 7. The molecule has 27 heavy (non-hydrogen) atoms. The number of anilines is 2. The molecule has 0 bridgehead atoms. The first-order valence-corrected chi connectivity index (χ1v) is 9.02. The number of nitrogens with zero attached hydrogens (tertiary/aromatic N) is 1. The zero-order chi connectivity index (χ0) is 19.2. The largest absolute Gasteiger partial charge is 0.493 e. The molecule has 0 aromatic heterocycles. The zero-order valence-corrected chi connectivity index (χ0v) is 15.7. The van der Waals surface area contributed by atoms with Crippen LogP contribution in [0.15, 0.2) is 42.5 Å². The van der Waals surface area contributed by atoms with Gasteiger partial charge in [0.05, 0.1) is 14.2 Å². The number of hydrogen-bond donors (Lipinski definition) is 1. The van der Waals surface area contributed by atoms with Crippen LogP contribution in [-0.4, -0.2) is 32.6 Å². The van der Waals surface area contributed by atoms with Gasteiger partial charge in [-0.1, -0.05) is 6.07 Å². The predicted molar refractivity (Wildman–Crippen MR) is 105 cm³/mol. The third-order valence-corrected chi connectivity index (χ3v) is 4.62. The Morgan fingerprint density at radius 2 is 1.81 bits per heavy atom. The Morgan fingerprint density at radius 3 is 2.44 bits per heavy atom. The molecule has 6 heteroatoms. The van der Waals surface area contributed by atoms with Crippen LogP contribution < -0.4 is 19.7 Å². The molecule has 1 aliphatic heterocycles. The molecule has 0 unspecified atom stereocenters. The summed E-state index contributed by atoms with van der Waals surface area (Å²) < 4.78 is 10.5. The lowest BCUT2D eigenvalue weighted by molar-refractivity contribution is -0.117. The predicted octanol–water partition coefficient (Wildman–Crippen LogP) is 3.40. The maximum Gasteiger partial charge on any atom is 0.227 e. The zero-order valence-electron chi connectivity index (χ0n) is 15.7. The molecule has 1 saturated heterocycles. The molecule has 2 amide bonds. The van der Waals surface area contributed by atoms with E-state index < -0.39 is 0 Å². The van der Waals surface area contributed by atoms with Crippen molar-refractivity contribution in [2.45, 2.75) is 25.7 Å². The van der Waals surface area contributed by atoms with Gasteiger partial charge in [0, 0.05) is 30.8 Å². The van der Waals surface area contributed by atoms with Crippen LogP contribution in [0, 0.1) is 0 Å². The van der Waals surface area contributed by atoms with Crippen molar-refractivity contribution in [1.82, 2.24) is 0 Å². The highest BCUT2D eigenvalue weighted by molar-refractivity contribution is 5.96. The highest BCUT2D eigenvalue weighted by Gasteiger charge is 2.21. The van der Waals surface area contributed by atoms with Gasteiger partial charge in [0.15, 0.2) is 11.5 Å². The summed E-state index contributed by atoms with van der Waals surface area (Å²) in [4.78, 5) is 25.8. The molecule has 1 heterocycles. The van der Waals surface area contributed by atoms with Gasteiger partial charge in [-0.2, -0.15) is 0 Å². The summed E-state index contributed by atoms with van der Waals surface area (Å²) in [5, 5.41) is 2.89. The maximum atomic E-state index is 12.2. The third-order valence-electron chi connectivity index (χ3n) is 4.62. The second kappa shape index (κ2) is 8.58. The second-order valence-corrected chi connectivity index (χ2v) is 6.43. The second-order valence-electron chi connectivity index (χ2n) is 6.43. The van der Waals surface area contributed by atoms with Gasteiger partial charge in [0.1, 0.15) is 0 Å². The van der Waals surface area contributed by atoms with Crippen molar-refractivity contribution in [2.24, 2.45) is 0 Å². The molecule has 142 valence electrons. The van der Waals surface area contributed by atoms with Gasteiger partial charge < -0.3 is 19.7 Å². The van der Waals surface area contributed by atoms with E-state index in [1.54, 1.807) is 19.1 Å². The third kappa shape index (κ3) is 4.58. The number of ether oxygens (including phenoxy) is 2. The molecule has 1 N–H and O–H groups in total. The van der Waals surface area contributed by atoms with Crippen LogP contribution in [0.1, 0.15) is 24.8 Å². The van der Waals surface area contributed by atoms with Gasteiger partial charge in [-0.15, -0.1) is 0 Å². The van der Waals surface area contributed by atoms with Crippen LogP contribution >= 0.6 is 0 Å². The van der Waals surface area contributed by atoms with Crippen molar-refractivity contribution in [3.8, 4) is 11.5 Å². The quantitative estimate of drug-likeness (QED) is 0.813. The van der Waals surface area contributed by atoms with E-state index in [0.29, 0.717) is 30.8 Å². The van der Waals surface area contributed by atoms with Gasteiger partial charge in [-0.05, 0) is 54.8 Å². The van der Waals surface area contributed by atoms with Crippen LogP contribution in [0.4, 0.5) is 11.4 Å². The lowest BCUT2D eigenvalue weighted by Crippen LogP contribution is -2.23. The lowest BCUT2D eigenvalue weighted by Gasteiger charge is -2.16. The van der Waals surface area contributed by atoms with E-state index in [-0.39, 0.29) is 11.8 Å². The normalized spacial score (nSPS) is 13.6. The Labute approximate surface area is 159 Å². The number of amides is 2. The van der Waals surface area contributed by atoms with E-state index in [2.05, 4.69) is 5.32 Å². The standard InChI is InChI=1S/C21H24N2O4/c1-26-18-11-5-15(14-19(18)27-2)6-12-20(24)22-16-7-9-17(10-8-16)23-13-3-4-21(23)25/h5,7-11,14H,3-4,6,12-13H2,1-2H3,(H,22,24). The molecule has 0 saturated carbocycles. The van der Waals surface area contributed by atoms with Gasteiger partial charge in [0.25, 0.3) is 0 Å². The molecular formula is C21H24N2O4. The first-order valence-electron chi connectivity index (χ1n) is 9.02. The number of methoxy groups -OCH3 is 2. The summed E-state index contributed by atoms with van der Waals surface area (Å²) in [5.41, 5.74) is 2.61. The van der Waals surface area contributed by atoms with E-state index in [4.69, 9.17) is 9.47 Å². The van der Waals surface area contributed by atoms with Crippen molar-refractivity contribution in [3.63, 3.8) is 0 Å². The molecule has 0 atom stereocenters. The van der Waals surface area contributed by atoms with Gasteiger partial charge in [0.2, 0.25) is 11.8 Å². The molecule has 0 radical (unpaired) electrons. The summed E-state index contributed by atoms with van der Waals surface area (Å²) in [6.07, 6.45) is 2.47. The van der Waals surface area contributed by atoms with Gasteiger partial charge in [-0.25, -0.2) is 0 Å². The molecule has 2 aromatic rings. The van der Waals surface area contributed by atoms with E-state index in [0.717, 1.165) is 29.9 Å². The number of nitrogens with one attached hydrogen (secondary N) is 1. The number of carbonyl (C=O) groups is 2. The van der Waals surface area contributed by atoms with Crippen LogP contribution in [0.2, 0.25) is 0 Å². The first kappa shape index (κ1) is 18.8. The summed E-state index contributed by atoms with van der Waals surface area (Å²) >= 11 is 0. The molecule has 2 aromatic carbocycles. The Balaban J connectivity index is 1.54. The molecular weight excluding hydrogens is 344 g/mol. The topological polar surface area (TPSA) is 67.9 Å². The van der Waals surface area contributed by atoms with E-state index in [1.807, 2.05) is 42.5 Å². The van der Waals surface area contributed by atoms with Crippen molar-refractivity contribution in [1.29, 1.82) is 0 Å². The minimum Gasteiger partial charge on any atom is -0.493 e. The molecule has 1 fully saturated rings. The molecule has 0 aliphatic carbocycles. The fourth-order valence-electron chi connectivity index (χ4n) is 3.16. The van der Waals surface area contributed by atoms with Crippen LogP contribution in [0.25, 0.3) is 0 Å². The average Bonchev–Trinajstić information content (AvgIpc) is 3.12. The summed E-state index contributed by atoms with van der Waals surface area (Å²) in [6.45, 7) is 0.760. The minimum atomic E-state index is -0.0604. The average molecular weight is 368 g/mol. The number of benzene rings is 2. The maximum absolute atomic E-state index is 12.2. The molecule has 1 aliphatic rings. The first-order chi connectivity index (χ1) is 13.1. The van der Waals surface area contributed by atoms with E-state index in [9.17, 15) is 9.59 Å². The van der Waals surface area contributed by atoms with Crippen LogP contribution in [0.5, 0.6) is 11.5 Å². The van der Waals surface area contributed by atoms with Crippen molar-refractivity contribution in [3.05, 3.63) is 48.0 Å². The summed E-state index contributed by atoms with van der Waals surface area (Å²) in [5.74, 6) is 1.42. The van der Waals surface area contributed by atoms with Crippen molar-refractivity contribution in [2.75, 3.05) is 31.0 Å². The fourth-order valence-corrected chi connectivity index (χ4v) is 3.16. The van der Waals surface area contributed by atoms with E-state index >= 15 is 0 Å². The Bertz CT molecular complexity index is 817. The number of carbonyl (C=O) groups excluding carboxylic acids is 2. The minimum absolute atomic E-state index is 0.0604. The Kier molecular flexibility index (Phi) is 5.96. The van der Waals surface area contributed by atoms with Crippen LogP contribution in [0.3, 0.4) is 0 Å². The van der Waals surface area contributed by atoms with E-state index in [1.165, 1.54) is 0 Å². The monoisotopic (exact) mass is 368 g/mol. The lowest BCUT2D eigenvalue weighted by atomic mass is 10.1. The number of aryl methyl sites for hydroxylation is 1. The molecule has 0 spiro atoms.